The molecule has 2 aliphatic rings. The second-order valence-electron chi connectivity index (χ2n) is 7.69. The van der Waals surface area contributed by atoms with Gasteiger partial charge in [-0.15, -0.1) is 0 Å². The minimum absolute atomic E-state index is 0.178. The van der Waals surface area contributed by atoms with E-state index in [1.165, 1.54) is 10.9 Å². The van der Waals surface area contributed by atoms with E-state index in [0.29, 0.717) is 45.5 Å². The zero-order chi connectivity index (χ0) is 20.2. The lowest BCUT2D eigenvalue weighted by Gasteiger charge is -2.20. The summed E-state index contributed by atoms with van der Waals surface area (Å²) < 4.78 is 6.88. The first-order chi connectivity index (χ1) is 14.7. The fourth-order valence-corrected chi connectivity index (χ4v) is 4.49. The van der Waals surface area contributed by atoms with Crippen molar-refractivity contribution in [1.82, 2.24) is 29.7 Å². The number of halogens is 1. The Labute approximate surface area is 175 Å². The van der Waals surface area contributed by atoms with Gasteiger partial charge in [0.15, 0.2) is 11.5 Å². The summed E-state index contributed by atoms with van der Waals surface area (Å²) in [7, 11) is 0. The molecule has 1 saturated carbocycles. The van der Waals surface area contributed by atoms with Crippen molar-refractivity contribution in [3.8, 4) is 0 Å². The van der Waals surface area contributed by atoms with Gasteiger partial charge in [0.25, 0.3) is 5.56 Å². The van der Waals surface area contributed by atoms with E-state index in [2.05, 4.69) is 30.0 Å². The van der Waals surface area contributed by atoms with Crippen LogP contribution in [0.3, 0.4) is 0 Å². The summed E-state index contributed by atoms with van der Waals surface area (Å²) in [5, 5.41) is 5.27. The van der Waals surface area contributed by atoms with E-state index in [-0.39, 0.29) is 12.1 Å². The molecular formula is C20H16ClN7O2. The van der Waals surface area contributed by atoms with Crippen LogP contribution in [0.25, 0.3) is 11.0 Å². The molecule has 0 spiro atoms. The van der Waals surface area contributed by atoms with Crippen molar-refractivity contribution in [2.45, 2.75) is 12.5 Å². The molecule has 9 nitrogen and oxygen atoms in total. The maximum atomic E-state index is 12.6. The van der Waals surface area contributed by atoms with E-state index in [1.54, 1.807) is 24.5 Å². The zero-order valence-electron chi connectivity index (χ0n) is 15.7. The van der Waals surface area contributed by atoms with Gasteiger partial charge in [-0.3, -0.25) is 9.36 Å². The van der Waals surface area contributed by atoms with Crippen molar-refractivity contribution in [3.05, 3.63) is 70.1 Å². The summed E-state index contributed by atoms with van der Waals surface area (Å²) in [5.74, 6) is 3.33. The third kappa shape index (κ3) is 2.85. The Bertz CT molecular complexity index is 1290. The molecule has 10 heteroatoms. The Hall–Kier alpha value is -3.33. The molecule has 0 aromatic carbocycles. The average molecular weight is 422 g/mol. The molecule has 30 heavy (non-hydrogen) atoms. The smallest absolute Gasteiger partial charge is 0.263 e. The summed E-state index contributed by atoms with van der Waals surface area (Å²) in [6.45, 7) is 2.01. The quantitative estimate of drug-likeness (QED) is 0.493. The highest BCUT2D eigenvalue weighted by Gasteiger charge is 2.58. The van der Waals surface area contributed by atoms with Gasteiger partial charge in [0.05, 0.1) is 10.4 Å². The molecule has 150 valence electrons. The number of piperidine rings is 1. The fraction of sp³-hybridized carbons (Fsp3) is 0.300. The molecule has 3 atom stereocenters. The molecule has 4 aromatic rings. The Balaban J connectivity index is 1.16. The van der Waals surface area contributed by atoms with Crippen LogP contribution in [0.4, 0.5) is 5.82 Å². The summed E-state index contributed by atoms with van der Waals surface area (Å²) >= 11 is 5.92. The van der Waals surface area contributed by atoms with Gasteiger partial charge in [0.1, 0.15) is 18.7 Å². The molecule has 0 unspecified atom stereocenters. The van der Waals surface area contributed by atoms with Crippen LogP contribution in [-0.4, -0.2) is 42.7 Å². The molecule has 0 bridgehead atoms. The van der Waals surface area contributed by atoms with Crippen LogP contribution in [0.15, 0.2) is 52.3 Å². The monoisotopic (exact) mass is 421 g/mol. The number of fused-ring (bicyclic) bond motifs is 2. The number of hydrogen-bond donors (Lipinski definition) is 0. The van der Waals surface area contributed by atoms with Crippen LogP contribution >= 0.6 is 11.6 Å². The second-order valence-corrected chi connectivity index (χ2v) is 8.13. The summed E-state index contributed by atoms with van der Waals surface area (Å²) in [5.41, 5.74) is 0.248. The summed E-state index contributed by atoms with van der Waals surface area (Å²) in [4.78, 5) is 32.1. The number of pyridine rings is 2. The molecule has 1 aliphatic carbocycles. The number of nitrogens with zero attached hydrogens (tertiary/aromatic N) is 7. The lowest BCUT2D eigenvalue weighted by Crippen LogP contribution is -2.24. The van der Waals surface area contributed by atoms with Crippen LogP contribution in [0.5, 0.6) is 0 Å². The number of anilines is 1. The number of hydrogen-bond acceptors (Lipinski definition) is 8. The van der Waals surface area contributed by atoms with E-state index in [1.807, 2.05) is 12.1 Å². The predicted molar refractivity (Wildman–Crippen MR) is 108 cm³/mol. The molecule has 1 saturated heterocycles. The van der Waals surface area contributed by atoms with Gasteiger partial charge in [-0.25, -0.2) is 15.0 Å². The van der Waals surface area contributed by atoms with Gasteiger partial charge in [0, 0.05) is 31.4 Å². The zero-order valence-corrected chi connectivity index (χ0v) is 16.5. The van der Waals surface area contributed by atoms with Gasteiger partial charge in [0.2, 0.25) is 5.89 Å². The second kappa shape index (κ2) is 6.60. The highest BCUT2D eigenvalue weighted by molar-refractivity contribution is 6.30. The molecule has 1 aliphatic heterocycles. The summed E-state index contributed by atoms with van der Waals surface area (Å²) in [6, 6.07) is 7.23. The average Bonchev–Trinajstić information content (AvgIpc) is 3.10. The lowest BCUT2D eigenvalue weighted by molar-refractivity contribution is 0.363. The molecule has 5 heterocycles. The largest absolute Gasteiger partial charge is 0.356 e. The number of aromatic nitrogens is 6. The summed E-state index contributed by atoms with van der Waals surface area (Å²) in [6.07, 6.45) is 4.74. The first-order valence-corrected chi connectivity index (χ1v) is 10.0. The molecule has 0 N–H and O–H groups in total. The lowest BCUT2D eigenvalue weighted by atomic mass is 10.2. The van der Waals surface area contributed by atoms with Crippen molar-refractivity contribution in [3.63, 3.8) is 0 Å². The SMILES string of the molecule is O=c1c2cccnc2ncn1Cc1nc([C@@H]2[C@@H]3CN(c4ccc(Cl)cn4)C[C@@H]32)no1. The number of rotatable bonds is 4. The van der Waals surface area contributed by atoms with Crippen molar-refractivity contribution in [2.75, 3.05) is 18.0 Å². The van der Waals surface area contributed by atoms with Gasteiger partial charge >= 0.3 is 0 Å². The van der Waals surface area contributed by atoms with Crippen molar-refractivity contribution in [2.24, 2.45) is 11.8 Å². The third-order valence-corrected chi connectivity index (χ3v) is 6.14. The van der Waals surface area contributed by atoms with E-state index in [4.69, 9.17) is 16.1 Å². The molecule has 0 amide bonds. The van der Waals surface area contributed by atoms with Crippen LogP contribution in [0.2, 0.25) is 5.02 Å². The van der Waals surface area contributed by atoms with Crippen LogP contribution in [-0.2, 0) is 6.54 Å². The van der Waals surface area contributed by atoms with Gasteiger partial charge < -0.3 is 9.42 Å². The van der Waals surface area contributed by atoms with Gasteiger partial charge in [-0.2, -0.15) is 4.98 Å². The normalized spacial score (nSPS) is 22.4. The highest BCUT2D eigenvalue weighted by atomic mass is 35.5. The van der Waals surface area contributed by atoms with E-state index < -0.39 is 0 Å². The van der Waals surface area contributed by atoms with Gasteiger partial charge in [-0.05, 0) is 36.1 Å². The fourth-order valence-electron chi connectivity index (χ4n) is 4.38. The molecule has 2 fully saturated rings. The Kier molecular flexibility index (Phi) is 3.85. The third-order valence-electron chi connectivity index (χ3n) is 5.91. The maximum absolute atomic E-state index is 12.6. The molecule has 6 rings (SSSR count). The van der Waals surface area contributed by atoms with E-state index in [9.17, 15) is 4.79 Å². The Morgan fingerprint density at radius 2 is 2.00 bits per heavy atom. The Morgan fingerprint density at radius 1 is 1.13 bits per heavy atom. The molecule has 4 aromatic heterocycles. The maximum Gasteiger partial charge on any atom is 0.263 e. The van der Waals surface area contributed by atoms with Crippen molar-refractivity contribution in [1.29, 1.82) is 0 Å². The molecule has 0 radical (unpaired) electrons. The minimum Gasteiger partial charge on any atom is -0.356 e. The van der Waals surface area contributed by atoms with Gasteiger partial charge in [-0.1, -0.05) is 16.8 Å². The predicted octanol–water partition coefficient (Wildman–Crippen LogP) is 2.12. The first kappa shape index (κ1) is 17.5. The first-order valence-electron chi connectivity index (χ1n) is 9.66. The van der Waals surface area contributed by atoms with E-state index in [0.717, 1.165) is 18.9 Å². The van der Waals surface area contributed by atoms with E-state index >= 15 is 0 Å². The van der Waals surface area contributed by atoms with Crippen molar-refractivity contribution >= 4 is 28.5 Å². The van der Waals surface area contributed by atoms with Crippen LogP contribution in [0.1, 0.15) is 17.6 Å². The van der Waals surface area contributed by atoms with Crippen molar-refractivity contribution < 1.29 is 4.52 Å². The van der Waals surface area contributed by atoms with Crippen LogP contribution < -0.4 is 10.5 Å². The Morgan fingerprint density at radius 3 is 2.80 bits per heavy atom. The minimum atomic E-state index is -0.178. The highest BCUT2D eigenvalue weighted by Crippen LogP contribution is 2.57. The topological polar surface area (TPSA) is 103 Å². The standard InChI is InChI=1S/C20H16ClN7O2/c21-11-3-4-15(23-6-11)27-7-13-14(8-27)17(13)19-25-16(30-26-19)9-28-10-24-18-12(20(28)29)2-1-5-22-18/h1-6,10,13-14,17H,7-9H2/t13-,14+,17-. The van der Waals surface area contributed by atoms with Crippen LogP contribution in [0, 0.1) is 11.8 Å². The molecular weight excluding hydrogens is 406 g/mol.